The van der Waals surface area contributed by atoms with Crippen LogP contribution in [0, 0.1) is 5.92 Å². The third kappa shape index (κ3) is 3.16. The first-order chi connectivity index (χ1) is 9.97. The molecule has 0 amide bonds. The summed E-state index contributed by atoms with van der Waals surface area (Å²) in [5.41, 5.74) is -0.259. The number of hydrogen-bond donors (Lipinski definition) is 2. The number of phenolic OH excluding ortho intramolecular Hbond substituents is 1. The average molecular weight is 300 g/mol. The Morgan fingerprint density at radius 2 is 1.86 bits per heavy atom. The second kappa shape index (κ2) is 5.50. The summed E-state index contributed by atoms with van der Waals surface area (Å²) >= 11 is 0. The number of benzene rings is 1. The molecule has 1 aliphatic carbocycles. The zero-order valence-corrected chi connectivity index (χ0v) is 11.7. The molecule has 1 aliphatic heterocycles. The molecule has 0 unspecified atom stereocenters. The Hall–Kier alpha value is -1.27. The van der Waals surface area contributed by atoms with E-state index >= 15 is 0 Å². The van der Waals surface area contributed by atoms with Crippen LogP contribution in [0.25, 0.3) is 0 Å². The van der Waals surface area contributed by atoms with E-state index in [2.05, 4.69) is 10.2 Å². The molecule has 1 aromatic rings. The predicted molar refractivity (Wildman–Crippen MR) is 73.0 cm³/mol. The van der Waals surface area contributed by atoms with Crippen LogP contribution in [-0.2, 0) is 6.18 Å². The lowest BCUT2D eigenvalue weighted by Crippen LogP contribution is -2.45. The van der Waals surface area contributed by atoms with Gasteiger partial charge in [-0.25, -0.2) is 0 Å². The van der Waals surface area contributed by atoms with Crippen LogP contribution in [0.1, 0.15) is 30.0 Å². The summed E-state index contributed by atoms with van der Waals surface area (Å²) in [7, 11) is 0. The van der Waals surface area contributed by atoms with E-state index in [4.69, 9.17) is 0 Å². The molecule has 1 saturated heterocycles. The van der Waals surface area contributed by atoms with Gasteiger partial charge >= 0.3 is 6.18 Å². The van der Waals surface area contributed by atoms with Gasteiger partial charge in [-0.1, -0.05) is 0 Å². The Labute approximate surface area is 121 Å². The second-order valence-electron chi connectivity index (χ2n) is 5.84. The lowest BCUT2D eigenvalue weighted by Gasteiger charge is -2.36. The number of rotatable bonds is 3. The normalized spacial score (nSPS) is 22.2. The van der Waals surface area contributed by atoms with Crippen molar-refractivity contribution in [3.8, 4) is 5.75 Å². The number of aromatic hydroxyl groups is 1. The summed E-state index contributed by atoms with van der Waals surface area (Å²) in [5.74, 6) is 0.330. The molecule has 0 aromatic heterocycles. The maximum Gasteiger partial charge on any atom is 0.416 e. The quantitative estimate of drug-likeness (QED) is 0.901. The minimum Gasteiger partial charge on any atom is -0.508 e. The molecule has 21 heavy (non-hydrogen) atoms. The first-order valence-corrected chi connectivity index (χ1v) is 7.31. The molecular weight excluding hydrogens is 281 g/mol. The van der Waals surface area contributed by atoms with E-state index in [0.29, 0.717) is 11.5 Å². The van der Waals surface area contributed by atoms with Crippen molar-refractivity contribution in [1.29, 1.82) is 0 Å². The molecule has 116 valence electrons. The SMILES string of the molecule is Oc1ccc(C(F)(F)F)cc1[C@@H](C1CC1)N1CCNCC1. The maximum atomic E-state index is 12.9. The number of nitrogens with zero attached hydrogens (tertiary/aromatic N) is 1. The van der Waals surface area contributed by atoms with Gasteiger partial charge in [0.2, 0.25) is 0 Å². The molecule has 0 spiro atoms. The van der Waals surface area contributed by atoms with E-state index in [1.807, 2.05) is 0 Å². The van der Waals surface area contributed by atoms with Crippen LogP contribution in [0.3, 0.4) is 0 Å². The average Bonchev–Trinajstić information content (AvgIpc) is 3.26. The topological polar surface area (TPSA) is 35.5 Å². The smallest absolute Gasteiger partial charge is 0.416 e. The van der Waals surface area contributed by atoms with Crippen molar-refractivity contribution in [2.24, 2.45) is 5.92 Å². The monoisotopic (exact) mass is 300 g/mol. The van der Waals surface area contributed by atoms with Gasteiger partial charge in [-0.05, 0) is 37.0 Å². The molecule has 0 bridgehead atoms. The lowest BCUT2D eigenvalue weighted by atomic mass is 9.96. The molecule has 0 radical (unpaired) electrons. The summed E-state index contributed by atoms with van der Waals surface area (Å²) in [4.78, 5) is 2.20. The second-order valence-corrected chi connectivity index (χ2v) is 5.84. The van der Waals surface area contributed by atoms with Gasteiger partial charge in [0.15, 0.2) is 0 Å². The molecule has 1 saturated carbocycles. The van der Waals surface area contributed by atoms with E-state index in [-0.39, 0.29) is 11.8 Å². The molecule has 6 heteroatoms. The number of phenols is 1. The highest BCUT2D eigenvalue weighted by molar-refractivity contribution is 5.40. The Balaban J connectivity index is 1.94. The molecule has 1 heterocycles. The standard InChI is InChI=1S/C15H19F3N2O/c16-15(17,18)11-3-4-13(21)12(9-11)14(10-1-2-10)20-7-5-19-6-8-20/h3-4,9-10,14,19,21H,1-2,5-8H2/t14-/m1/s1. The van der Waals surface area contributed by atoms with Crippen LogP contribution in [0.4, 0.5) is 13.2 Å². The number of hydrogen-bond acceptors (Lipinski definition) is 3. The number of nitrogens with one attached hydrogen (secondary N) is 1. The molecule has 2 fully saturated rings. The van der Waals surface area contributed by atoms with E-state index in [1.165, 1.54) is 6.07 Å². The molecular formula is C15H19F3N2O. The number of alkyl halides is 3. The Bertz CT molecular complexity index is 508. The summed E-state index contributed by atoms with van der Waals surface area (Å²) in [6.45, 7) is 3.28. The summed E-state index contributed by atoms with van der Waals surface area (Å²) in [6, 6.07) is 3.14. The predicted octanol–water partition coefficient (Wildman–Crippen LogP) is 2.77. The van der Waals surface area contributed by atoms with Crippen LogP contribution in [0.15, 0.2) is 18.2 Å². The van der Waals surface area contributed by atoms with Gasteiger partial charge in [0.05, 0.1) is 5.56 Å². The van der Waals surface area contributed by atoms with E-state index < -0.39 is 11.7 Å². The van der Waals surface area contributed by atoms with Crippen molar-refractivity contribution < 1.29 is 18.3 Å². The third-order valence-electron chi connectivity index (χ3n) is 4.29. The minimum atomic E-state index is -4.37. The van der Waals surface area contributed by atoms with Gasteiger partial charge in [-0.3, -0.25) is 4.90 Å². The summed E-state index contributed by atoms with van der Waals surface area (Å²) < 4.78 is 38.8. The van der Waals surface area contributed by atoms with Gasteiger partial charge in [-0.15, -0.1) is 0 Å². The van der Waals surface area contributed by atoms with E-state index in [9.17, 15) is 18.3 Å². The van der Waals surface area contributed by atoms with Crippen LogP contribution in [0.5, 0.6) is 5.75 Å². The summed E-state index contributed by atoms with van der Waals surface area (Å²) in [5, 5.41) is 13.3. The highest BCUT2D eigenvalue weighted by Gasteiger charge is 2.39. The first-order valence-electron chi connectivity index (χ1n) is 7.31. The van der Waals surface area contributed by atoms with Crippen molar-refractivity contribution in [3.05, 3.63) is 29.3 Å². The molecule has 2 N–H and O–H groups in total. The number of halogens is 3. The van der Waals surface area contributed by atoms with E-state index in [0.717, 1.165) is 51.2 Å². The highest BCUT2D eigenvalue weighted by atomic mass is 19.4. The van der Waals surface area contributed by atoms with Gasteiger partial charge < -0.3 is 10.4 Å². The molecule has 3 nitrogen and oxygen atoms in total. The fourth-order valence-electron chi connectivity index (χ4n) is 3.09. The van der Waals surface area contributed by atoms with Gasteiger partial charge in [0, 0.05) is 37.8 Å². The van der Waals surface area contributed by atoms with Crippen LogP contribution < -0.4 is 5.32 Å². The molecule has 2 aliphatic rings. The molecule has 3 rings (SSSR count). The number of piperazine rings is 1. The highest BCUT2D eigenvalue weighted by Crippen LogP contribution is 2.47. The van der Waals surface area contributed by atoms with Crippen LogP contribution >= 0.6 is 0 Å². The van der Waals surface area contributed by atoms with Gasteiger partial charge in [-0.2, -0.15) is 13.2 Å². The Morgan fingerprint density at radius 3 is 2.43 bits per heavy atom. The van der Waals surface area contributed by atoms with Crippen molar-refractivity contribution in [2.75, 3.05) is 26.2 Å². The largest absolute Gasteiger partial charge is 0.508 e. The van der Waals surface area contributed by atoms with Crippen molar-refractivity contribution >= 4 is 0 Å². The fourth-order valence-corrected chi connectivity index (χ4v) is 3.09. The zero-order chi connectivity index (χ0) is 15.0. The lowest BCUT2D eigenvalue weighted by molar-refractivity contribution is -0.137. The zero-order valence-electron chi connectivity index (χ0n) is 11.7. The molecule has 1 atom stereocenters. The molecule has 1 aromatic carbocycles. The first kappa shape index (κ1) is 14.7. The van der Waals surface area contributed by atoms with Crippen molar-refractivity contribution in [1.82, 2.24) is 10.2 Å². The Morgan fingerprint density at radius 1 is 1.19 bits per heavy atom. The fraction of sp³-hybridized carbons (Fsp3) is 0.600. The van der Waals surface area contributed by atoms with Crippen molar-refractivity contribution in [3.63, 3.8) is 0 Å². The van der Waals surface area contributed by atoms with E-state index in [1.54, 1.807) is 0 Å². The van der Waals surface area contributed by atoms with Gasteiger partial charge in [0.25, 0.3) is 0 Å². The van der Waals surface area contributed by atoms with Crippen LogP contribution in [0.2, 0.25) is 0 Å². The minimum absolute atomic E-state index is 0.0292. The van der Waals surface area contributed by atoms with Crippen LogP contribution in [-0.4, -0.2) is 36.2 Å². The Kier molecular flexibility index (Phi) is 3.84. The van der Waals surface area contributed by atoms with Crippen molar-refractivity contribution in [2.45, 2.75) is 25.1 Å². The maximum absolute atomic E-state index is 12.9. The third-order valence-corrected chi connectivity index (χ3v) is 4.29. The summed E-state index contributed by atoms with van der Waals surface area (Å²) in [6.07, 6.45) is -2.34. The van der Waals surface area contributed by atoms with Gasteiger partial charge in [0.1, 0.15) is 5.75 Å².